The standard InChI is InChI=1S/C22H34N4O.HI/c1-22(2)19(17-11-14-27-20(17)22)25-21(23-3)24-15-18(26-12-7-8-13-26)16-9-5-4-6-10-16;/h4-6,9-10,17-20H,7-8,11-15H2,1-3H3,(H2,23,24,25);1H. The number of hydrogen-bond acceptors (Lipinski definition) is 3. The molecule has 4 rings (SSSR count). The van der Waals surface area contributed by atoms with Crippen LogP contribution in [0.4, 0.5) is 0 Å². The van der Waals surface area contributed by atoms with Gasteiger partial charge in [0.2, 0.25) is 0 Å². The van der Waals surface area contributed by atoms with E-state index in [0.29, 0.717) is 24.1 Å². The molecule has 2 saturated heterocycles. The van der Waals surface area contributed by atoms with E-state index in [9.17, 15) is 0 Å². The first-order chi connectivity index (χ1) is 13.1. The van der Waals surface area contributed by atoms with Crippen molar-refractivity contribution in [1.82, 2.24) is 15.5 Å². The minimum Gasteiger partial charge on any atom is -0.377 e. The molecule has 4 unspecified atom stereocenters. The van der Waals surface area contributed by atoms with Gasteiger partial charge in [-0.1, -0.05) is 44.2 Å². The summed E-state index contributed by atoms with van der Waals surface area (Å²) in [5.74, 6) is 1.53. The SMILES string of the molecule is CN=C(NCC(c1ccccc1)N1CCCC1)NC1C2CCOC2C1(C)C.I. The Morgan fingerprint density at radius 2 is 1.96 bits per heavy atom. The predicted molar refractivity (Wildman–Crippen MR) is 125 cm³/mol. The highest BCUT2D eigenvalue weighted by molar-refractivity contribution is 14.0. The van der Waals surface area contributed by atoms with Crippen LogP contribution in [0.25, 0.3) is 0 Å². The Kier molecular flexibility index (Phi) is 7.26. The van der Waals surface area contributed by atoms with Crippen LogP contribution in [0.5, 0.6) is 0 Å². The Labute approximate surface area is 186 Å². The highest BCUT2D eigenvalue weighted by atomic mass is 127. The number of nitrogens with zero attached hydrogens (tertiary/aromatic N) is 2. The highest BCUT2D eigenvalue weighted by Crippen LogP contribution is 2.52. The summed E-state index contributed by atoms with van der Waals surface area (Å²) in [6.07, 6.45) is 4.16. The molecule has 0 radical (unpaired) electrons. The maximum atomic E-state index is 5.93. The summed E-state index contributed by atoms with van der Waals surface area (Å²) in [6, 6.07) is 11.7. The quantitative estimate of drug-likeness (QED) is 0.371. The molecule has 2 N–H and O–H groups in total. The first-order valence-corrected chi connectivity index (χ1v) is 10.5. The number of nitrogens with one attached hydrogen (secondary N) is 2. The van der Waals surface area contributed by atoms with Crippen molar-refractivity contribution in [3.05, 3.63) is 35.9 Å². The monoisotopic (exact) mass is 498 g/mol. The second kappa shape index (κ2) is 9.30. The van der Waals surface area contributed by atoms with Gasteiger partial charge in [0, 0.05) is 37.6 Å². The Bertz CT molecular complexity index is 660. The van der Waals surface area contributed by atoms with Crippen LogP contribution in [0.2, 0.25) is 0 Å². The lowest BCUT2D eigenvalue weighted by Crippen LogP contribution is -2.68. The lowest BCUT2D eigenvalue weighted by atomic mass is 9.57. The molecule has 2 aliphatic heterocycles. The fourth-order valence-corrected chi connectivity index (χ4v) is 5.34. The van der Waals surface area contributed by atoms with E-state index in [1.807, 2.05) is 7.05 Å². The molecule has 6 heteroatoms. The molecule has 2 heterocycles. The van der Waals surface area contributed by atoms with Crippen LogP contribution >= 0.6 is 24.0 Å². The molecule has 1 aromatic carbocycles. The molecule has 0 bridgehead atoms. The van der Waals surface area contributed by atoms with Gasteiger partial charge in [0.25, 0.3) is 0 Å². The predicted octanol–water partition coefficient (Wildman–Crippen LogP) is 3.42. The zero-order valence-electron chi connectivity index (χ0n) is 17.4. The summed E-state index contributed by atoms with van der Waals surface area (Å²) in [6.45, 7) is 8.76. The summed E-state index contributed by atoms with van der Waals surface area (Å²) < 4.78 is 5.93. The molecule has 5 nitrogen and oxygen atoms in total. The van der Waals surface area contributed by atoms with E-state index in [1.54, 1.807) is 0 Å². The van der Waals surface area contributed by atoms with Crippen LogP contribution in [0.3, 0.4) is 0 Å². The molecule has 0 spiro atoms. The molecular weight excluding hydrogens is 463 g/mol. The molecule has 0 amide bonds. The molecule has 3 aliphatic rings. The van der Waals surface area contributed by atoms with Crippen molar-refractivity contribution < 1.29 is 4.74 Å². The van der Waals surface area contributed by atoms with Gasteiger partial charge in [-0.05, 0) is 37.9 Å². The third-order valence-corrected chi connectivity index (χ3v) is 6.84. The molecule has 156 valence electrons. The fourth-order valence-electron chi connectivity index (χ4n) is 5.34. The number of ether oxygens (including phenoxy) is 1. The largest absolute Gasteiger partial charge is 0.377 e. The van der Waals surface area contributed by atoms with Crippen LogP contribution in [-0.2, 0) is 4.74 Å². The summed E-state index contributed by atoms with van der Waals surface area (Å²) in [5, 5.41) is 7.32. The van der Waals surface area contributed by atoms with Gasteiger partial charge < -0.3 is 15.4 Å². The van der Waals surface area contributed by atoms with Crippen LogP contribution in [0.15, 0.2) is 35.3 Å². The molecular formula is C22H35IN4O. The van der Waals surface area contributed by atoms with Crippen molar-refractivity contribution >= 4 is 29.9 Å². The lowest BCUT2D eigenvalue weighted by molar-refractivity contribution is -0.106. The van der Waals surface area contributed by atoms with Crippen molar-refractivity contribution in [2.45, 2.75) is 51.3 Å². The summed E-state index contributed by atoms with van der Waals surface area (Å²) in [4.78, 5) is 7.12. The van der Waals surface area contributed by atoms with Crippen LogP contribution in [0.1, 0.15) is 44.7 Å². The van der Waals surface area contributed by atoms with Crippen molar-refractivity contribution in [3.8, 4) is 0 Å². The smallest absolute Gasteiger partial charge is 0.191 e. The number of aliphatic imine (C=N–C) groups is 1. The summed E-state index contributed by atoms with van der Waals surface area (Å²) in [7, 11) is 1.87. The van der Waals surface area contributed by atoms with E-state index in [2.05, 4.69) is 64.7 Å². The Morgan fingerprint density at radius 1 is 1.25 bits per heavy atom. The first kappa shape index (κ1) is 21.8. The van der Waals surface area contributed by atoms with Gasteiger partial charge in [0.1, 0.15) is 0 Å². The molecule has 3 fully saturated rings. The zero-order valence-corrected chi connectivity index (χ0v) is 19.7. The minimum atomic E-state index is 0. The van der Waals surface area contributed by atoms with Crippen LogP contribution in [-0.4, -0.2) is 56.3 Å². The Hall–Kier alpha value is -0.860. The van der Waals surface area contributed by atoms with Crippen molar-refractivity contribution in [3.63, 3.8) is 0 Å². The second-order valence-electron chi connectivity index (χ2n) is 8.81. The normalized spacial score (nSPS) is 30.1. The Morgan fingerprint density at radius 3 is 2.64 bits per heavy atom. The minimum absolute atomic E-state index is 0. The van der Waals surface area contributed by atoms with Gasteiger partial charge in [-0.25, -0.2) is 0 Å². The van der Waals surface area contributed by atoms with E-state index in [4.69, 9.17) is 4.74 Å². The molecule has 1 aromatic rings. The van der Waals surface area contributed by atoms with Crippen molar-refractivity contribution in [2.24, 2.45) is 16.3 Å². The molecule has 1 saturated carbocycles. The first-order valence-electron chi connectivity index (χ1n) is 10.5. The molecule has 28 heavy (non-hydrogen) atoms. The molecule has 4 atom stereocenters. The van der Waals surface area contributed by atoms with Gasteiger partial charge in [-0.2, -0.15) is 0 Å². The second-order valence-corrected chi connectivity index (χ2v) is 8.81. The summed E-state index contributed by atoms with van der Waals surface area (Å²) >= 11 is 0. The van der Waals surface area contributed by atoms with E-state index in [0.717, 1.165) is 25.5 Å². The number of likely N-dealkylation sites (tertiary alicyclic amines) is 1. The summed E-state index contributed by atoms with van der Waals surface area (Å²) in [5.41, 5.74) is 1.54. The number of halogens is 1. The van der Waals surface area contributed by atoms with E-state index in [1.165, 1.54) is 31.5 Å². The van der Waals surface area contributed by atoms with E-state index < -0.39 is 0 Å². The number of fused-ring (bicyclic) bond motifs is 1. The number of hydrogen-bond donors (Lipinski definition) is 2. The topological polar surface area (TPSA) is 48.9 Å². The van der Waals surface area contributed by atoms with Gasteiger partial charge in [0.15, 0.2) is 5.96 Å². The average molecular weight is 498 g/mol. The number of benzene rings is 1. The van der Waals surface area contributed by atoms with Crippen LogP contribution in [0, 0.1) is 11.3 Å². The lowest BCUT2D eigenvalue weighted by Gasteiger charge is -2.55. The van der Waals surface area contributed by atoms with Crippen molar-refractivity contribution in [2.75, 3.05) is 33.3 Å². The zero-order chi connectivity index (χ0) is 18.9. The fraction of sp³-hybridized carbons (Fsp3) is 0.682. The van der Waals surface area contributed by atoms with Gasteiger partial charge in [-0.15, -0.1) is 24.0 Å². The van der Waals surface area contributed by atoms with Crippen LogP contribution < -0.4 is 10.6 Å². The van der Waals surface area contributed by atoms with Gasteiger partial charge >= 0.3 is 0 Å². The number of guanidine groups is 1. The Balaban J connectivity index is 0.00000225. The van der Waals surface area contributed by atoms with E-state index in [-0.39, 0.29) is 29.4 Å². The molecule has 0 aromatic heterocycles. The van der Waals surface area contributed by atoms with Gasteiger partial charge in [0.05, 0.1) is 12.1 Å². The third-order valence-electron chi connectivity index (χ3n) is 6.84. The maximum absolute atomic E-state index is 5.93. The third kappa shape index (κ3) is 4.19. The van der Waals surface area contributed by atoms with Crippen molar-refractivity contribution in [1.29, 1.82) is 0 Å². The average Bonchev–Trinajstić information content (AvgIpc) is 3.36. The maximum Gasteiger partial charge on any atom is 0.191 e. The number of rotatable bonds is 5. The highest BCUT2D eigenvalue weighted by Gasteiger charge is 2.59. The van der Waals surface area contributed by atoms with Gasteiger partial charge in [-0.3, -0.25) is 9.89 Å². The molecule has 1 aliphatic carbocycles. The van der Waals surface area contributed by atoms with E-state index >= 15 is 0 Å².